The summed E-state index contributed by atoms with van der Waals surface area (Å²) in [5.74, 6) is 1.83. The zero-order valence-corrected chi connectivity index (χ0v) is 28.5. The predicted octanol–water partition coefficient (Wildman–Crippen LogP) is 13.1. The molecule has 0 unspecified atom stereocenters. The molecule has 0 saturated heterocycles. The van der Waals surface area contributed by atoms with E-state index >= 15 is 0 Å². The molecule has 0 radical (unpaired) electrons. The Morgan fingerprint density at radius 2 is 0.887 bits per heavy atom. The number of para-hydroxylation sites is 1. The van der Waals surface area contributed by atoms with Crippen LogP contribution in [0.2, 0.25) is 0 Å². The molecule has 0 N–H and O–H groups in total. The summed E-state index contributed by atoms with van der Waals surface area (Å²) in [7, 11) is 0. The van der Waals surface area contributed by atoms with Crippen LogP contribution in [-0.2, 0) is 0 Å². The van der Waals surface area contributed by atoms with Crippen LogP contribution in [0, 0.1) is 0 Å². The summed E-state index contributed by atoms with van der Waals surface area (Å²) in [6.07, 6.45) is 0. The van der Waals surface area contributed by atoms with Crippen LogP contribution < -0.4 is 0 Å². The van der Waals surface area contributed by atoms with Gasteiger partial charge in [-0.3, -0.25) is 0 Å². The van der Waals surface area contributed by atoms with Crippen molar-refractivity contribution in [2.24, 2.45) is 0 Å². The molecule has 0 spiro atoms. The molecule has 0 saturated carbocycles. The number of furan rings is 1. The highest BCUT2D eigenvalue weighted by Gasteiger charge is 2.19. The van der Waals surface area contributed by atoms with Crippen LogP contribution in [0.1, 0.15) is 0 Å². The van der Waals surface area contributed by atoms with Gasteiger partial charge in [0.1, 0.15) is 11.2 Å². The number of fused-ring (bicyclic) bond motifs is 8. The molecule has 53 heavy (non-hydrogen) atoms. The minimum absolute atomic E-state index is 0.594. The average molecular weight is 676 g/mol. The summed E-state index contributed by atoms with van der Waals surface area (Å²) < 4.78 is 6.27. The smallest absolute Gasteiger partial charge is 0.164 e. The topological polar surface area (TPSA) is 51.8 Å². The fraction of sp³-hybridized carbons (Fsp3) is 0. The lowest BCUT2D eigenvalue weighted by Crippen LogP contribution is -2.01. The van der Waals surface area contributed by atoms with E-state index in [1.54, 1.807) is 0 Å². The zero-order chi connectivity index (χ0) is 34.9. The highest BCUT2D eigenvalue weighted by molar-refractivity contribution is 6.23. The summed E-state index contributed by atoms with van der Waals surface area (Å²) in [4.78, 5) is 15.4. The molecule has 0 aliphatic rings. The van der Waals surface area contributed by atoms with E-state index in [4.69, 9.17) is 19.4 Å². The van der Waals surface area contributed by atoms with E-state index in [2.05, 4.69) is 121 Å². The van der Waals surface area contributed by atoms with E-state index in [0.29, 0.717) is 17.5 Å². The fourth-order valence-electron chi connectivity index (χ4n) is 8.03. The van der Waals surface area contributed by atoms with Crippen molar-refractivity contribution < 1.29 is 4.42 Å². The molecule has 4 nitrogen and oxygen atoms in total. The van der Waals surface area contributed by atoms with Crippen molar-refractivity contribution in [1.29, 1.82) is 0 Å². The number of hydrogen-bond acceptors (Lipinski definition) is 4. The molecule has 0 amide bonds. The van der Waals surface area contributed by atoms with Gasteiger partial charge < -0.3 is 4.42 Å². The largest absolute Gasteiger partial charge is 0.456 e. The first-order valence-electron chi connectivity index (χ1n) is 17.9. The quantitative estimate of drug-likeness (QED) is 0.138. The molecule has 4 heteroatoms. The van der Waals surface area contributed by atoms with Gasteiger partial charge in [0.05, 0.1) is 0 Å². The Balaban J connectivity index is 1.15. The van der Waals surface area contributed by atoms with E-state index in [-0.39, 0.29) is 0 Å². The van der Waals surface area contributed by atoms with Crippen molar-refractivity contribution in [3.05, 3.63) is 176 Å². The summed E-state index contributed by atoms with van der Waals surface area (Å²) in [6.45, 7) is 0. The average Bonchev–Trinajstić information content (AvgIpc) is 3.61. The minimum atomic E-state index is 0.594. The number of hydrogen-bond donors (Lipinski definition) is 0. The van der Waals surface area contributed by atoms with Gasteiger partial charge in [-0.1, -0.05) is 146 Å². The van der Waals surface area contributed by atoms with E-state index in [1.807, 2.05) is 54.6 Å². The Hall–Kier alpha value is -7.17. The molecule has 2 aromatic heterocycles. The summed E-state index contributed by atoms with van der Waals surface area (Å²) >= 11 is 0. The van der Waals surface area contributed by atoms with Crippen LogP contribution in [-0.4, -0.2) is 15.0 Å². The van der Waals surface area contributed by atoms with Gasteiger partial charge >= 0.3 is 0 Å². The van der Waals surface area contributed by atoms with Gasteiger partial charge in [0.25, 0.3) is 0 Å². The first kappa shape index (κ1) is 29.5. The second-order valence-corrected chi connectivity index (χ2v) is 13.5. The lowest BCUT2D eigenvalue weighted by Gasteiger charge is -2.17. The molecule has 2 heterocycles. The van der Waals surface area contributed by atoms with Crippen molar-refractivity contribution in [2.75, 3.05) is 0 Å². The number of nitrogens with zero attached hydrogens (tertiary/aromatic N) is 3. The zero-order valence-electron chi connectivity index (χ0n) is 28.5. The minimum Gasteiger partial charge on any atom is -0.456 e. The molecule has 11 rings (SSSR count). The fourth-order valence-corrected chi connectivity index (χ4v) is 8.03. The third-order valence-electron chi connectivity index (χ3n) is 10.5. The van der Waals surface area contributed by atoms with Crippen LogP contribution in [0.4, 0.5) is 0 Å². The third-order valence-corrected chi connectivity index (χ3v) is 10.5. The van der Waals surface area contributed by atoms with Gasteiger partial charge in [0.15, 0.2) is 17.5 Å². The highest BCUT2D eigenvalue weighted by Crippen LogP contribution is 2.43. The van der Waals surface area contributed by atoms with Crippen molar-refractivity contribution in [2.45, 2.75) is 0 Å². The van der Waals surface area contributed by atoms with Gasteiger partial charge in [0.2, 0.25) is 0 Å². The standard InChI is InChI=1S/C49H29N3O/c1-2-13-31(14-3-1)47-50-48(33-23-24-39-38-20-10-11-21-44(38)53-45(39)29-33)52-49(51-47)42-27-26-40(36-18-8-9-19-37(36)42)46-35-17-7-5-15-32(35)28-43-34-16-6-4-12-30(34)22-25-41(43)46/h1-29H. The Bertz CT molecular complexity index is 3240. The van der Waals surface area contributed by atoms with E-state index in [0.717, 1.165) is 49.4 Å². The SMILES string of the molecule is c1ccc(-c2nc(-c3ccc4c(c3)oc3ccccc34)nc(-c3ccc(-c4c5ccccc5cc5c4ccc4ccccc45)c4ccccc34)n2)cc1. The maximum Gasteiger partial charge on any atom is 0.164 e. The highest BCUT2D eigenvalue weighted by atomic mass is 16.3. The lowest BCUT2D eigenvalue weighted by atomic mass is 9.87. The molecule has 0 atom stereocenters. The van der Waals surface area contributed by atoms with Crippen molar-refractivity contribution in [3.8, 4) is 45.3 Å². The Morgan fingerprint density at radius 3 is 1.72 bits per heavy atom. The Labute approximate surface area is 304 Å². The van der Waals surface area contributed by atoms with E-state index < -0.39 is 0 Å². The molecule has 0 bridgehead atoms. The van der Waals surface area contributed by atoms with Crippen LogP contribution in [0.25, 0.3) is 110 Å². The number of benzene rings is 9. The van der Waals surface area contributed by atoms with Gasteiger partial charge in [0, 0.05) is 27.5 Å². The van der Waals surface area contributed by atoms with Crippen LogP contribution in [0.3, 0.4) is 0 Å². The molecule has 11 aromatic rings. The van der Waals surface area contributed by atoms with Gasteiger partial charge in [-0.15, -0.1) is 0 Å². The molecule has 0 fully saturated rings. The first-order chi connectivity index (χ1) is 26.3. The first-order valence-corrected chi connectivity index (χ1v) is 17.9. The Kier molecular flexibility index (Phi) is 6.52. The monoisotopic (exact) mass is 675 g/mol. The predicted molar refractivity (Wildman–Crippen MR) is 219 cm³/mol. The number of rotatable bonds is 4. The molecule has 9 aromatic carbocycles. The maximum absolute atomic E-state index is 6.27. The van der Waals surface area contributed by atoms with E-state index in [1.165, 1.54) is 43.4 Å². The van der Waals surface area contributed by atoms with E-state index in [9.17, 15) is 0 Å². The normalized spacial score (nSPS) is 11.8. The summed E-state index contributed by atoms with van der Waals surface area (Å²) in [6, 6.07) is 61.8. The maximum atomic E-state index is 6.27. The Morgan fingerprint density at radius 1 is 0.302 bits per heavy atom. The molecule has 0 aliphatic heterocycles. The third kappa shape index (κ3) is 4.73. The van der Waals surface area contributed by atoms with Crippen LogP contribution >= 0.6 is 0 Å². The molecular formula is C49H29N3O. The lowest BCUT2D eigenvalue weighted by molar-refractivity contribution is 0.669. The van der Waals surface area contributed by atoms with Crippen LogP contribution in [0.15, 0.2) is 180 Å². The number of aromatic nitrogens is 3. The van der Waals surface area contributed by atoms with Crippen molar-refractivity contribution >= 4 is 65.0 Å². The molecule has 246 valence electrons. The summed E-state index contributed by atoms with van der Waals surface area (Å²) in [5.41, 5.74) is 6.81. The van der Waals surface area contributed by atoms with Crippen molar-refractivity contribution in [3.63, 3.8) is 0 Å². The summed E-state index contributed by atoms with van der Waals surface area (Å²) in [5, 5.41) is 11.8. The van der Waals surface area contributed by atoms with Gasteiger partial charge in [-0.25, -0.2) is 15.0 Å². The van der Waals surface area contributed by atoms with Gasteiger partial charge in [-0.05, 0) is 84.5 Å². The molecular weight excluding hydrogens is 647 g/mol. The van der Waals surface area contributed by atoms with Crippen molar-refractivity contribution in [1.82, 2.24) is 15.0 Å². The second-order valence-electron chi connectivity index (χ2n) is 13.5. The van der Waals surface area contributed by atoms with Crippen LogP contribution in [0.5, 0.6) is 0 Å². The van der Waals surface area contributed by atoms with Gasteiger partial charge in [-0.2, -0.15) is 0 Å². The second kappa shape index (κ2) is 11.7. The molecule has 0 aliphatic carbocycles.